The molecule has 0 spiro atoms. The van der Waals surface area contributed by atoms with Gasteiger partial charge in [-0.2, -0.15) is 0 Å². The largest absolute Gasteiger partial charge is 0.378 e. The summed E-state index contributed by atoms with van der Waals surface area (Å²) in [6.45, 7) is 3.55. The standard InChI is InChI=1S/C9H15N3O/c1-3-4-10-9-6-11-8(5-12-9)7-13-2/h5-6H,3-4,7H2,1-2H3,(H,10,12). The average molecular weight is 181 g/mol. The first-order chi connectivity index (χ1) is 6.36. The SMILES string of the molecule is CCCNc1cnc(COC)cn1. The third kappa shape index (κ3) is 3.38. The maximum Gasteiger partial charge on any atom is 0.144 e. The van der Waals surface area contributed by atoms with Crippen molar-refractivity contribution >= 4 is 5.82 Å². The Morgan fingerprint density at radius 1 is 1.38 bits per heavy atom. The lowest BCUT2D eigenvalue weighted by molar-refractivity contribution is 0.181. The van der Waals surface area contributed by atoms with Crippen LogP contribution in [0.15, 0.2) is 12.4 Å². The van der Waals surface area contributed by atoms with E-state index < -0.39 is 0 Å². The zero-order valence-corrected chi connectivity index (χ0v) is 8.08. The molecule has 0 atom stereocenters. The molecule has 1 aromatic heterocycles. The molecule has 0 radical (unpaired) electrons. The molecule has 1 N–H and O–H groups in total. The summed E-state index contributed by atoms with van der Waals surface area (Å²) in [5, 5.41) is 3.15. The van der Waals surface area contributed by atoms with Crippen LogP contribution in [-0.2, 0) is 11.3 Å². The fraction of sp³-hybridized carbons (Fsp3) is 0.556. The van der Waals surface area contributed by atoms with Crippen LogP contribution in [0.25, 0.3) is 0 Å². The van der Waals surface area contributed by atoms with Crippen molar-refractivity contribution in [1.29, 1.82) is 0 Å². The lowest BCUT2D eigenvalue weighted by Crippen LogP contribution is -2.03. The van der Waals surface area contributed by atoms with Gasteiger partial charge in [0.05, 0.1) is 24.7 Å². The van der Waals surface area contributed by atoms with Gasteiger partial charge in [0.2, 0.25) is 0 Å². The molecule has 1 heterocycles. The maximum atomic E-state index is 4.93. The molecule has 72 valence electrons. The van der Waals surface area contributed by atoms with Crippen molar-refractivity contribution < 1.29 is 4.74 Å². The second-order valence-corrected chi connectivity index (χ2v) is 2.75. The van der Waals surface area contributed by atoms with Crippen molar-refractivity contribution in [3.05, 3.63) is 18.1 Å². The Kier molecular flexibility index (Phi) is 4.18. The van der Waals surface area contributed by atoms with Crippen LogP contribution in [0, 0.1) is 0 Å². The number of aromatic nitrogens is 2. The molecule has 0 aliphatic rings. The molecular formula is C9H15N3O. The third-order valence-electron chi connectivity index (χ3n) is 1.55. The minimum atomic E-state index is 0.515. The lowest BCUT2D eigenvalue weighted by atomic mass is 10.4. The quantitative estimate of drug-likeness (QED) is 0.746. The number of rotatable bonds is 5. The van der Waals surface area contributed by atoms with E-state index in [1.165, 1.54) is 0 Å². The molecule has 0 saturated heterocycles. The van der Waals surface area contributed by atoms with Crippen molar-refractivity contribution in [2.45, 2.75) is 20.0 Å². The molecule has 1 aromatic rings. The van der Waals surface area contributed by atoms with Crippen LogP contribution in [0.2, 0.25) is 0 Å². The molecule has 4 heteroatoms. The second kappa shape index (κ2) is 5.48. The van der Waals surface area contributed by atoms with Crippen LogP contribution in [0.3, 0.4) is 0 Å². The predicted molar refractivity (Wildman–Crippen MR) is 51.5 cm³/mol. The van der Waals surface area contributed by atoms with Crippen LogP contribution in [-0.4, -0.2) is 23.6 Å². The summed E-state index contributed by atoms with van der Waals surface area (Å²) in [4.78, 5) is 8.35. The summed E-state index contributed by atoms with van der Waals surface area (Å²) in [6, 6.07) is 0. The van der Waals surface area contributed by atoms with Crippen molar-refractivity contribution in [3.63, 3.8) is 0 Å². The summed E-state index contributed by atoms with van der Waals surface area (Å²) < 4.78 is 4.93. The highest BCUT2D eigenvalue weighted by atomic mass is 16.5. The van der Waals surface area contributed by atoms with Gasteiger partial charge in [0.25, 0.3) is 0 Å². The van der Waals surface area contributed by atoms with Crippen molar-refractivity contribution in [1.82, 2.24) is 9.97 Å². The molecule has 0 aromatic carbocycles. The van der Waals surface area contributed by atoms with Gasteiger partial charge in [-0.3, -0.25) is 4.98 Å². The highest BCUT2D eigenvalue weighted by molar-refractivity contribution is 5.30. The number of nitrogens with zero attached hydrogens (tertiary/aromatic N) is 2. The van der Waals surface area contributed by atoms with Crippen molar-refractivity contribution in [2.75, 3.05) is 19.0 Å². The highest BCUT2D eigenvalue weighted by Gasteiger charge is 1.95. The normalized spacial score (nSPS) is 10.0. The summed E-state index contributed by atoms with van der Waals surface area (Å²) in [6.07, 6.45) is 4.53. The fourth-order valence-corrected chi connectivity index (χ4v) is 0.922. The molecular weight excluding hydrogens is 166 g/mol. The fourth-order valence-electron chi connectivity index (χ4n) is 0.922. The van der Waals surface area contributed by atoms with Gasteiger partial charge >= 0.3 is 0 Å². The molecule has 0 aliphatic heterocycles. The smallest absolute Gasteiger partial charge is 0.144 e. The molecule has 4 nitrogen and oxygen atoms in total. The summed E-state index contributed by atoms with van der Waals surface area (Å²) in [5.41, 5.74) is 0.851. The van der Waals surface area contributed by atoms with Gasteiger partial charge in [0.15, 0.2) is 0 Å². The first-order valence-corrected chi connectivity index (χ1v) is 4.40. The first kappa shape index (κ1) is 9.92. The lowest BCUT2D eigenvalue weighted by Gasteiger charge is -2.03. The van der Waals surface area contributed by atoms with Gasteiger partial charge in [-0.15, -0.1) is 0 Å². The minimum absolute atomic E-state index is 0.515. The van der Waals surface area contributed by atoms with Gasteiger partial charge in [0, 0.05) is 13.7 Å². The van der Waals surface area contributed by atoms with E-state index >= 15 is 0 Å². The van der Waals surface area contributed by atoms with Crippen LogP contribution in [0.5, 0.6) is 0 Å². The molecule has 0 saturated carbocycles. The van der Waals surface area contributed by atoms with Gasteiger partial charge < -0.3 is 10.1 Å². The van der Waals surface area contributed by atoms with E-state index in [1.54, 1.807) is 19.5 Å². The number of hydrogen-bond acceptors (Lipinski definition) is 4. The minimum Gasteiger partial charge on any atom is -0.378 e. The first-order valence-electron chi connectivity index (χ1n) is 4.40. The predicted octanol–water partition coefficient (Wildman–Crippen LogP) is 1.44. The van der Waals surface area contributed by atoms with Gasteiger partial charge in [-0.1, -0.05) is 6.92 Å². The number of anilines is 1. The Morgan fingerprint density at radius 3 is 2.77 bits per heavy atom. The number of hydrogen-bond donors (Lipinski definition) is 1. The Bertz CT molecular complexity index is 235. The van der Waals surface area contributed by atoms with E-state index in [2.05, 4.69) is 22.2 Å². The molecule has 0 amide bonds. The van der Waals surface area contributed by atoms with Crippen LogP contribution < -0.4 is 5.32 Å². The van der Waals surface area contributed by atoms with Gasteiger partial charge in [-0.05, 0) is 6.42 Å². The molecule has 0 aliphatic carbocycles. The Hall–Kier alpha value is -1.16. The van der Waals surface area contributed by atoms with E-state index in [4.69, 9.17) is 4.74 Å². The van der Waals surface area contributed by atoms with Crippen molar-refractivity contribution in [2.24, 2.45) is 0 Å². The monoisotopic (exact) mass is 181 g/mol. The number of nitrogens with one attached hydrogen (secondary N) is 1. The average Bonchev–Trinajstić information content (AvgIpc) is 2.17. The Morgan fingerprint density at radius 2 is 2.23 bits per heavy atom. The molecule has 0 unspecified atom stereocenters. The molecule has 13 heavy (non-hydrogen) atoms. The van der Waals surface area contributed by atoms with Crippen LogP contribution in [0.1, 0.15) is 19.0 Å². The van der Waals surface area contributed by atoms with E-state index in [9.17, 15) is 0 Å². The number of ether oxygens (including phenoxy) is 1. The van der Waals surface area contributed by atoms with Crippen molar-refractivity contribution in [3.8, 4) is 0 Å². The van der Waals surface area contributed by atoms with Crippen LogP contribution >= 0.6 is 0 Å². The zero-order valence-electron chi connectivity index (χ0n) is 8.08. The summed E-state index contributed by atoms with van der Waals surface area (Å²) >= 11 is 0. The molecule has 0 fully saturated rings. The van der Waals surface area contributed by atoms with E-state index in [1.807, 2.05) is 0 Å². The number of methoxy groups -OCH3 is 1. The third-order valence-corrected chi connectivity index (χ3v) is 1.55. The highest BCUT2D eigenvalue weighted by Crippen LogP contribution is 2.01. The Balaban J connectivity index is 2.48. The zero-order chi connectivity index (χ0) is 9.52. The van der Waals surface area contributed by atoms with Gasteiger partial charge in [0.1, 0.15) is 5.82 Å². The van der Waals surface area contributed by atoms with E-state index in [0.29, 0.717) is 6.61 Å². The van der Waals surface area contributed by atoms with Gasteiger partial charge in [-0.25, -0.2) is 4.98 Å². The van der Waals surface area contributed by atoms with E-state index in [0.717, 1.165) is 24.5 Å². The molecule has 0 bridgehead atoms. The summed E-state index contributed by atoms with van der Waals surface area (Å²) in [5.74, 6) is 0.821. The summed E-state index contributed by atoms with van der Waals surface area (Å²) in [7, 11) is 1.64. The molecule has 1 rings (SSSR count). The van der Waals surface area contributed by atoms with E-state index in [-0.39, 0.29) is 0 Å². The topological polar surface area (TPSA) is 47.0 Å². The second-order valence-electron chi connectivity index (χ2n) is 2.75. The maximum absolute atomic E-state index is 4.93. The van der Waals surface area contributed by atoms with Crippen LogP contribution in [0.4, 0.5) is 5.82 Å². The Labute approximate surface area is 78.4 Å².